The minimum atomic E-state index is -0.276. The van der Waals surface area contributed by atoms with E-state index in [9.17, 15) is 9.65 Å². The second-order valence-corrected chi connectivity index (χ2v) is 8.77. The Kier molecular flexibility index (Phi) is 5.64. The Hall–Kier alpha value is -3.96. The lowest BCUT2D eigenvalue weighted by atomic mass is 10.00. The quantitative estimate of drug-likeness (QED) is 0.466. The summed E-state index contributed by atoms with van der Waals surface area (Å²) in [6.45, 7) is 3.72. The van der Waals surface area contributed by atoms with Crippen molar-refractivity contribution < 1.29 is 9.13 Å². The SMILES string of the molecule is Cc1cc(CN(C)C)ccc1-c1cnc(NCc2c(F)ccc3c2CCO3)n2cc(C#N)nc12. The molecule has 3 heterocycles. The van der Waals surface area contributed by atoms with Gasteiger partial charge >= 0.3 is 0 Å². The van der Waals surface area contributed by atoms with E-state index in [1.165, 1.54) is 11.6 Å². The molecule has 0 radical (unpaired) electrons. The third kappa shape index (κ3) is 3.95. The zero-order valence-corrected chi connectivity index (χ0v) is 19.4. The molecule has 0 atom stereocenters. The highest BCUT2D eigenvalue weighted by Crippen LogP contribution is 2.32. The summed E-state index contributed by atoms with van der Waals surface area (Å²) in [7, 11) is 4.08. The van der Waals surface area contributed by atoms with Crippen LogP contribution >= 0.6 is 0 Å². The zero-order chi connectivity index (χ0) is 23.8. The van der Waals surface area contributed by atoms with E-state index in [1.807, 2.05) is 14.1 Å². The molecule has 7 nitrogen and oxygen atoms in total. The van der Waals surface area contributed by atoms with Gasteiger partial charge in [0, 0.05) is 42.4 Å². The van der Waals surface area contributed by atoms with E-state index in [-0.39, 0.29) is 12.4 Å². The van der Waals surface area contributed by atoms with Gasteiger partial charge in [-0.3, -0.25) is 4.40 Å². The highest BCUT2D eigenvalue weighted by atomic mass is 19.1. The summed E-state index contributed by atoms with van der Waals surface area (Å²) in [6.07, 6.45) is 4.09. The number of fused-ring (bicyclic) bond motifs is 2. The Bertz CT molecular complexity index is 1440. The Balaban J connectivity index is 1.52. The molecule has 0 aliphatic carbocycles. The standard InChI is InChI=1S/C26H25FN6O/c1-16-10-17(14-32(2)3)4-5-19(16)22-13-30-26(33-15-18(11-28)31-25(22)33)29-12-21-20-8-9-34-24(20)7-6-23(21)27/h4-7,10,13,15H,8-9,12,14H2,1-3H3,(H,29,30). The number of hydrogen-bond donors (Lipinski definition) is 1. The first kappa shape index (κ1) is 21.9. The Labute approximate surface area is 197 Å². The van der Waals surface area contributed by atoms with Crippen molar-refractivity contribution in [1.82, 2.24) is 19.3 Å². The molecule has 34 heavy (non-hydrogen) atoms. The maximum Gasteiger partial charge on any atom is 0.208 e. The van der Waals surface area contributed by atoms with Crippen molar-refractivity contribution >= 4 is 11.6 Å². The number of aryl methyl sites for hydroxylation is 1. The molecule has 0 saturated heterocycles. The van der Waals surface area contributed by atoms with Crippen LogP contribution in [0.5, 0.6) is 5.75 Å². The number of nitriles is 1. The first-order chi connectivity index (χ1) is 16.4. The van der Waals surface area contributed by atoms with Gasteiger partial charge in [0.05, 0.1) is 12.8 Å². The molecule has 0 fully saturated rings. The summed E-state index contributed by atoms with van der Waals surface area (Å²) in [5, 5.41) is 12.7. The smallest absolute Gasteiger partial charge is 0.208 e. The molecule has 172 valence electrons. The Morgan fingerprint density at radius 3 is 2.85 bits per heavy atom. The lowest BCUT2D eigenvalue weighted by molar-refractivity contribution is 0.356. The average Bonchev–Trinajstić information content (AvgIpc) is 3.46. The van der Waals surface area contributed by atoms with Gasteiger partial charge < -0.3 is 15.0 Å². The largest absolute Gasteiger partial charge is 0.493 e. The molecule has 0 saturated carbocycles. The summed E-state index contributed by atoms with van der Waals surface area (Å²) >= 11 is 0. The lowest BCUT2D eigenvalue weighted by Crippen LogP contribution is -2.11. The highest BCUT2D eigenvalue weighted by Gasteiger charge is 2.20. The first-order valence-electron chi connectivity index (χ1n) is 11.1. The van der Waals surface area contributed by atoms with Crippen LogP contribution in [0.1, 0.15) is 27.9 Å². The fourth-order valence-electron chi connectivity index (χ4n) is 4.52. The van der Waals surface area contributed by atoms with E-state index < -0.39 is 0 Å². The van der Waals surface area contributed by atoms with E-state index in [4.69, 9.17) is 4.74 Å². The molecule has 4 aromatic rings. The fraction of sp³-hybridized carbons (Fsp3) is 0.269. The normalized spacial score (nSPS) is 12.6. The number of ether oxygens (including phenoxy) is 1. The van der Waals surface area contributed by atoms with Gasteiger partial charge in [-0.25, -0.2) is 14.4 Å². The number of hydrogen-bond acceptors (Lipinski definition) is 6. The van der Waals surface area contributed by atoms with Crippen LogP contribution in [0.4, 0.5) is 10.3 Å². The summed E-state index contributed by atoms with van der Waals surface area (Å²) in [5.41, 5.74) is 6.54. The van der Waals surface area contributed by atoms with Gasteiger partial charge in [-0.2, -0.15) is 5.26 Å². The Morgan fingerprint density at radius 1 is 1.24 bits per heavy atom. The molecule has 1 N–H and O–H groups in total. The molecule has 1 aliphatic heterocycles. The number of rotatable bonds is 6. The van der Waals surface area contributed by atoms with Crippen molar-refractivity contribution in [2.75, 3.05) is 26.0 Å². The summed E-state index contributed by atoms with van der Waals surface area (Å²) in [6, 6.07) is 11.5. The first-order valence-corrected chi connectivity index (χ1v) is 11.1. The number of aromatic nitrogens is 3. The third-order valence-corrected chi connectivity index (χ3v) is 6.05. The van der Waals surface area contributed by atoms with Crippen molar-refractivity contribution in [3.8, 4) is 22.9 Å². The maximum absolute atomic E-state index is 14.6. The predicted octanol–water partition coefficient (Wildman–Crippen LogP) is 4.32. The monoisotopic (exact) mass is 456 g/mol. The maximum atomic E-state index is 14.6. The predicted molar refractivity (Wildman–Crippen MR) is 128 cm³/mol. The van der Waals surface area contributed by atoms with Crippen molar-refractivity contribution in [2.45, 2.75) is 26.4 Å². The lowest BCUT2D eigenvalue weighted by Gasteiger charge is -2.15. The van der Waals surface area contributed by atoms with Crippen LogP contribution in [0.25, 0.3) is 16.8 Å². The Morgan fingerprint density at radius 2 is 2.09 bits per heavy atom. The fourth-order valence-corrected chi connectivity index (χ4v) is 4.52. The third-order valence-electron chi connectivity index (χ3n) is 6.05. The average molecular weight is 457 g/mol. The van der Waals surface area contributed by atoms with Crippen LogP contribution < -0.4 is 10.1 Å². The molecule has 0 bridgehead atoms. The van der Waals surface area contributed by atoms with Crippen LogP contribution in [0.15, 0.2) is 42.7 Å². The van der Waals surface area contributed by atoms with E-state index in [1.54, 1.807) is 22.9 Å². The molecule has 0 amide bonds. The summed E-state index contributed by atoms with van der Waals surface area (Å²) in [5.74, 6) is 0.946. The number of halogens is 1. The van der Waals surface area contributed by atoms with E-state index >= 15 is 0 Å². The zero-order valence-electron chi connectivity index (χ0n) is 19.4. The number of benzene rings is 2. The van der Waals surface area contributed by atoms with E-state index in [0.717, 1.165) is 34.5 Å². The van der Waals surface area contributed by atoms with E-state index in [2.05, 4.69) is 51.4 Å². The molecule has 8 heteroatoms. The summed E-state index contributed by atoms with van der Waals surface area (Å²) in [4.78, 5) is 11.3. The van der Waals surface area contributed by atoms with Crippen molar-refractivity contribution in [1.29, 1.82) is 5.26 Å². The van der Waals surface area contributed by atoms with Gasteiger partial charge in [0.15, 0.2) is 11.3 Å². The van der Waals surface area contributed by atoms with Crippen LogP contribution in [0.2, 0.25) is 0 Å². The van der Waals surface area contributed by atoms with E-state index in [0.29, 0.717) is 35.9 Å². The van der Waals surface area contributed by atoms with Crippen LogP contribution in [-0.4, -0.2) is 40.0 Å². The summed E-state index contributed by atoms with van der Waals surface area (Å²) < 4.78 is 21.9. The molecule has 0 unspecified atom stereocenters. The second kappa shape index (κ2) is 8.76. The van der Waals surface area contributed by atoms with Crippen LogP contribution in [0.3, 0.4) is 0 Å². The molecule has 2 aromatic heterocycles. The van der Waals surface area contributed by atoms with Gasteiger partial charge in [0.1, 0.15) is 17.6 Å². The molecular weight excluding hydrogens is 431 g/mol. The number of anilines is 1. The van der Waals surface area contributed by atoms with Crippen molar-refractivity contribution in [3.63, 3.8) is 0 Å². The van der Waals surface area contributed by atoms with Crippen LogP contribution in [-0.2, 0) is 19.5 Å². The number of imidazole rings is 1. The van der Waals surface area contributed by atoms with Gasteiger partial charge in [0.2, 0.25) is 5.95 Å². The van der Waals surface area contributed by atoms with Gasteiger partial charge in [-0.05, 0) is 49.8 Å². The van der Waals surface area contributed by atoms with Gasteiger partial charge in [0.25, 0.3) is 0 Å². The van der Waals surface area contributed by atoms with Crippen molar-refractivity contribution in [2.24, 2.45) is 0 Å². The molecular formula is C26H25FN6O. The van der Waals surface area contributed by atoms with Crippen molar-refractivity contribution in [3.05, 3.63) is 76.5 Å². The highest BCUT2D eigenvalue weighted by molar-refractivity contribution is 5.80. The molecule has 2 aromatic carbocycles. The number of nitrogens with zero attached hydrogens (tertiary/aromatic N) is 5. The minimum absolute atomic E-state index is 0.248. The molecule has 5 rings (SSSR count). The number of nitrogens with one attached hydrogen (secondary N) is 1. The van der Waals surface area contributed by atoms with Gasteiger partial charge in [-0.15, -0.1) is 0 Å². The minimum Gasteiger partial charge on any atom is -0.493 e. The molecule has 1 aliphatic rings. The second-order valence-electron chi connectivity index (χ2n) is 8.77. The van der Waals surface area contributed by atoms with Crippen LogP contribution in [0, 0.1) is 24.1 Å². The van der Waals surface area contributed by atoms with Gasteiger partial charge in [-0.1, -0.05) is 18.2 Å². The topological polar surface area (TPSA) is 78.5 Å². The molecule has 0 spiro atoms.